The molecule has 0 aliphatic carbocycles. The molecule has 0 saturated heterocycles. The van der Waals surface area contributed by atoms with Gasteiger partial charge in [0.1, 0.15) is 0 Å². The lowest BCUT2D eigenvalue weighted by Crippen LogP contribution is -2.12. The van der Waals surface area contributed by atoms with Crippen LogP contribution < -0.4 is 20.5 Å². The van der Waals surface area contributed by atoms with Crippen LogP contribution in [0.2, 0.25) is 0 Å². The van der Waals surface area contributed by atoms with Gasteiger partial charge in [0.25, 0.3) is 5.91 Å². The maximum Gasteiger partial charge on any atom is 0.255 e. The average Bonchev–Trinajstić information content (AvgIpc) is 2.50. The topological polar surface area (TPSA) is 73.6 Å². The number of benzene rings is 2. The van der Waals surface area contributed by atoms with Gasteiger partial charge in [-0.2, -0.15) is 0 Å². The molecule has 0 unspecified atom stereocenters. The Morgan fingerprint density at radius 3 is 2.38 bits per heavy atom. The van der Waals surface area contributed by atoms with Crippen molar-refractivity contribution in [1.82, 2.24) is 0 Å². The second-order valence-electron chi connectivity index (χ2n) is 4.60. The number of carbonyl (C=O) groups excluding carboxylic acids is 1. The van der Waals surface area contributed by atoms with E-state index >= 15 is 0 Å². The zero-order valence-corrected chi connectivity index (χ0v) is 12.3. The van der Waals surface area contributed by atoms with Crippen LogP contribution in [0, 0.1) is 6.92 Å². The van der Waals surface area contributed by atoms with Crippen LogP contribution in [0.1, 0.15) is 15.9 Å². The lowest BCUT2D eigenvalue weighted by molar-refractivity contribution is 0.102. The number of nitrogens with one attached hydrogen (secondary N) is 1. The van der Waals surface area contributed by atoms with Gasteiger partial charge in [-0.3, -0.25) is 4.79 Å². The number of hydrogen-bond acceptors (Lipinski definition) is 4. The fourth-order valence-corrected chi connectivity index (χ4v) is 1.90. The number of methoxy groups -OCH3 is 2. The Bertz CT molecular complexity index is 669. The first-order valence-corrected chi connectivity index (χ1v) is 6.44. The fraction of sp³-hybridized carbons (Fsp3) is 0.188. The highest BCUT2D eigenvalue weighted by Crippen LogP contribution is 2.28. The molecular formula is C16H18N2O3. The standard InChI is InChI=1S/C16H18N2O3/c1-10-4-6-12(9-13(10)17)18-16(19)11-5-7-14(20-2)15(8-11)21-3/h4-9H,17H2,1-3H3,(H,18,19). The molecule has 0 aliphatic rings. The fourth-order valence-electron chi connectivity index (χ4n) is 1.90. The Kier molecular flexibility index (Phi) is 4.33. The third-order valence-corrected chi connectivity index (χ3v) is 3.18. The third-order valence-electron chi connectivity index (χ3n) is 3.18. The van der Waals surface area contributed by atoms with Gasteiger partial charge in [0.2, 0.25) is 0 Å². The van der Waals surface area contributed by atoms with Crippen LogP contribution in [0.5, 0.6) is 11.5 Å². The highest BCUT2D eigenvalue weighted by Gasteiger charge is 2.11. The number of hydrogen-bond donors (Lipinski definition) is 2. The lowest BCUT2D eigenvalue weighted by atomic mass is 10.1. The van der Waals surface area contributed by atoms with Gasteiger partial charge in [-0.1, -0.05) is 6.07 Å². The molecule has 2 aromatic rings. The van der Waals surface area contributed by atoms with Gasteiger partial charge in [0, 0.05) is 16.9 Å². The summed E-state index contributed by atoms with van der Waals surface area (Å²) < 4.78 is 10.3. The van der Waals surface area contributed by atoms with Gasteiger partial charge in [-0.15, -0.1) is 0 Å². The molecular weight excluding hydrogens is 268 g/mol. The molecule has 110 valence electrons. The van der Waals surface area contributed by atoms with E-state index in [2.05, 4.69) is 5.32 Å². The van der Waals surface area contributed by atoms with E-state index in [4.69, 9.17) is 15.2 Å². The third kappa shape index (κ3) is 3.25. The van der Waals surface area contributed by atoms with Crippen molar-refractivity contribution in [1.29, 1.82) is 0 Å². The molecule has 5 nitrogen and oxygen atoms in total. The van der Waals surface area contributed by atoms with Crippen LogP contribution in [-0.4, -0.2) is 20.1 Å². The number of ether oxygens (including phenoxy) is 2. The molecule has 2 aromatic carbocycles. The van der Waals surface area contributed by atoms with E-state index in [1.807, 2.05) is 19.1 Å². The maximum absolute atomic E-state index is 12.2. The molecule has 0 saturated carbocycles. The molecule has 2 rings (SSSR count). The monoisotopic (exact) mass is 286 g/mol. The first-order valence-electron chi connectivity index (χ1n) is 6.44. The first kappa shape index (κ1) is 14.7. The van der Waals surface area contributed by atoms with Crippen LogP contribution in [-0.2, 0) is 0 Å². The van der Waals surface area contributed by atoms with Gasteiger partial charge in [-0.05, 0) is 42.8 Å². The normalized spacial score (nSPS) is 10.0. The molecule has 0 spiro atoms. The van der Waals surface area contributed by atoms with Crippen LogP contribution in [0.25, 0.3) is 0 Å². The molecule has 0 aromatic heterocycles. The number of aryl methyl sites for hydroxylation is 1. The van der Waals surface area contributed by atoms with E-state index < -0.39 is 0 Å². The van der Waals surface area contributed by atoms with Crippen LogP contribution in [0.4, 0.5) is 11.4 Å². The number of carbonyl (C=O) groups is 1. The quantitative estimate of drug-likeness (QED) is 0.848. The largest absolute Gasteiger partial charge is 0.493 e. The van der Waals surface area contributed by atoms with Crippen molar-refractivity contribution in [3.63, 3.8) is 0 Å². The average molecular weight is 286 g/mol. The number of anilines is 2. The molecule has 0 heterocycles. The molecule has 5 heteroatoms. The zero-order chi connectivity index (χ0) is 15.4. The number of rotatable bonds is 4. The summed E-state index contributed by atoms with van der Waals surface area (Å²) in [4.78, 5) is 12.2. The molecule has 0 atom stereocenters. The summed E-state index contributed by atoms with van der Waals surface area (Å²) in [5.74, 6) is 0.849. The van der Waals surface area contributed by atoms with E-state index in [9.17, 15) is 4.79 Å². The summed E-state index contributed by atoms with van der Waals surface area (Å²) in [6, 6.07) is 10.4. The summed E-state index contributed by atoms with van der Waals surface area (Å²) in [7, 11) is 3.08. The Hall–Kier alpha value is -2.69. The summed E-state index contributed by atoms with van der Waals surface area (Å²) in [5.41, 5.74) is 8.57. The zero-order valence-electron chi connectivity index (χ0n) is 12.3. The summed E-state index contributed by atoms with van der Waals surface area (Å²) in [5, 5.41) is 2.80. The van der Waals surface area contributed by atoms with Crippen molar-refractivity contribution in [2.45, 2.75) is 6.92 Å². The van der Waals surface area contributed by atoms with Crippen molar-refractivity contribution >= 4 is 17.3 Å². The predicted octanol–water partition coefficient (Wildman–Crippen LogP) is 2.85. The number of nitrogens with two attached hydrogens (primary N) is 1. The van der Waals surface area contributed by atoms with Crippen molar-refractivity contribution in [2.24, 2.45) is 0 Å². The Labute approximate surface area is 123 Å². The number of amides is 1. The van der Waals surface area contributed by atoms with Gasteiger partial charge in [0.05, 0.1) is 14.2 Å². The molecule has 0 fully saturated rings. The minimum absolute atomic E-state index is 0.237. The molecule has 0 radical (unpaired) electrons. The number of nitrogen functional groups attached to an aromatic ring is 1. The SMILES string of the molecule is COc1ccc(C(=O)Nc2ccc(C)c(N)c2)cc1OC. The minimum atomic E-state index is -0.237. The van der Waals surface area contributed by atoms with Crippen LogP contribution in [0.15, 0.2) is 36.4 Å². The van der Waals surface area contributed by atoms with Gasteiger partial charge >= 0.3 is 0 Å². The highest BCUT2D eigenvalue weighted by atomic mass is 16.5. The second kappa shape index (κ2) is 6.17. The van der Waals surface area contributed by atoms with Crippen molar-refractivity contribution in [3.05, 3.63) is 47.5 Å². The molecule has 1 amide bonds. The maximum atomic E-state index is 12.2. The summed E-state index contributed by atoms with van der Waals surface area (Å²) in [6.07, 6.45) is 0. The first-order chi connectivity index (χ1) is 10.0. The predicted molar refractivity (Wildman–Crippen MR) is 83.1 cm³/mol. The van der Waals surface area contributed by atoms with E-state index in [0.29, 0.717) is 28.4 Å². The van der Waals surface area contributed by atoms with E-state index in [1.165, 1.54) is 7.11 Å². The summed E-state index contributed by atoms with van der Waals surface area (Å²) >= 11 is 0. The highest BCUT2D eigenvalue weighted by molar-refractivity contribution is 6.04. The smallest absolute Gasteiger partial charge is 0.255 e. The van der Waals surface area contributed by atoms with Gasteiger partial charge < -0.3 is 20.5 Å². The molecule has 0 bridgehead atoms. The Balaban J connectivity index is 2.21. The minimum Gasteiger partial charge on any atom is -0.493 e. The van der Waals surface area contributed by atoms with E-state index in [1.54, 1.807) is 31.4 Å². The lowest BCUT2D eigenvalue weighted by Gasteiger charge is -2.10. The van der Waals surface area contributed by atoms with Crippen molar-refractivity contribution in [2.75, 3.05) is 25.3 Å². The molecule has 0 aliphatic heterocycles. The molecule has 21 heavy (non-hydrogen) atoms. The van der Waals surface area contributed by atoms with Crippen molar-refractivity contribution in [3.8, 4) is 11.5 Å². The van der Waals surface area contributed by atoms with E-state index in [-0.39, 0.29) is 5.91 Å². The van der Waals surface area contributed by atoms with Gasteiger partial charge in [0.15, 0.2) is 11.5 Å². The van der Waals surface area contributed by atoms with Gasteiger partial charge in [-0.25, -0.2) is 0 Å². The Morgan fingerprint density at radius 1 is 1.05 bits per heavy atom. The van der Waals surface area contributed by atoms with Crippen molar-refractivity contribution < 1.29 is 14.3 Å². The Morgan fingerprint density at radius 2 is 1.76 bits per heavy atom. The second-order valence-corrected chi connectivity index (χ2v) is 4.60. The molecule has 3 N–H and O–H groups in total. The van der Waals surface area contributed by atoms with Crippen LogP contribution in [0.3, 0.4) is 0 Å². The van der Waals surface area contributed by atoms with Crippen LogP contribution >= 0.6 is 0 Å². The summed E-state index contributed by atoms with van der Waals surface area (Å²) in [6.45, 7) is 1.91. The van der Waals surface area contributed by atoms with E-state index in [0.717, 1.165) is 5.56 Å².